The van der Waals surface area contributed by atoms with Gasteiger partial charge in [0.2, 0.25) is 0 Å². The number of benzene rings is 1. The summed E-state index contributed by atoms with van der Waals surface area (Å²) >= 11 is 6.24. The lowest BCUT2D eigenvalue weighted by atomic mass is 10.3. The van der Waals surface area contributed by atoms with Crippen molar-refractivity contribution in [2.24, 2.45) is 4.99 Å². The fraction of sp³-hybridized carbons (Fsp3) is 0.250. The zero-order chi connectivity index (χ0) is 18.6. The van der Waals surface area contributed by atoms with E-state index in [2.05, 4.69) is 4.99 Å². The Hall–Kier alpha value is -2.52. The van der Waals surface area contributed by atoms with Crippen molar-refractivity contribution in [3.8, 4) is 5.69 Å². The Balaban J connectivity index is 2.88. The maximum Gasteiger partial charge on any atom is 0.356 e. The van der Waals surface area contributed by atoms with E-state index in [1.807, 2.05) is 18.2 Å². The topological polar surface area (TPSA) is 73.1 Å². The molecule has 1 aromatic carbocycles. The largest absolute Gasteiger partial charge is 0.465 e. The summed E-state index contributed by atoms with van der Waals surface area (Å²) in [5.74, 6) is -1.31. The SMILES string of the molecule is COC(=O)c1sc(=NC(=S)N(C)C)n(-c2ccccc2)c1C(=O)OC. The van der Waals surface area contributed by atoms with Crippen LogP contribution in [-0.4, -0.2) is 54.8 Å². The molecule has 9 heteroatoms. The smallest absolute Gasteiger partial charge is 0.356 e. The van der Waals surface area contributed by atoms with Gasteiger partial charge in [-0.3, -0.25) is 4.57 Å². The summed E-state index contributed by atoms with van der Waals surface area (Å²) in [6.07, 6.45) is 0. The number of thiazole rings is 1. The summed E-state index contributed by atoms with van der Waals surface area (Å²) in [6.45, 7) is 0. The molecule has 2 aromatic rings. The molecule has 2 rings (SSSR count). The zero-order valence-electron chi connectivity index (χ0n) is 14.2. The Morgan fingerprint density at radius 3 is 2.24 bits per heavy atom. The van der Waals surface area contributed by atoms with Gasteiger partial charge in [-0.05, 0) is 24.4 Å². The Morgan fingerprint density at radius 2 is 1.72 bits per heavy atom. The van der Waals surface area contributed by atoms with E-state index in [1.54, 1.807) is 35.7 Å². The number of methoxy groups -OCH3 is 2. The average Bonchev–Trinajstić information content (AvgIpc) is 3.00. The highest BCUT2D eigenvalue weighted by Gasteiger charge is 2.27. The normalized spacial score (nSPS) is 11.1. The summed E-state index contributed by atoms with van der Waals surface area (Å²) < 4.78 is 11.2. The number of hydrogen-bond acceptors (Lipinski definition) is 6. The van der Waals surface area contributed by atoms with E-state index >= 15 is 0 Å². The molecule has 0 atom stereocenters. The van der Waals surface area contributed by atoms with Gasteiger partial charge in [-0.15, -0.1) is 0 Å². The van der Waals surface area contributed by atoms with Crippen molar-refractivity contribution >= 4 is 40.6 Å². The lowest BCUT2D eigenvalue weighted by Crippen LogP contribution is -2.25. The Labute approximate surface area is 154 Å². The van der Waals surface area contributed by atoms with E-state index in [-0.39, 0.29) is 10.6 Å². The first-order valence-corrected chi connectivity index (χ1v) is 8.37. The molecule has 0 aliphatic heterocycles. The third-order valence-corrected chi connectivity index (χ3v) is 4.64. The fourth-order valence-electron chi connectivity index (χ4n) is 1.97. The molecule has 0 bridgehead atoms. The van der Waals surface area contributed by atoms with Gasteiger partial charge in [0, 0.05) is 19.8 Å². The van der Waals surface area contributed by atoms with Gasteiger partial charge in [0.05, 0.1) is 14.2 Å². The van der Waals surface area contributed by atoms with Crippen LogP contribution in [0.25, 0.3) is 5.69 Å². The van der Waals surface area contributed by atoms with Crippen LogP contribution in [0, 0.1) is 0 Å². The summed E-state index contributed by atoms with van der Waals surface area (Å²) in [5, 5.41) is 0.304. The monoisotopic (exact) mass is 379 g/mol. The molecule has 1 heterocycles. The van der Waals surface area contributed by atoms with Crippen LogP contribution in [0.1, 0.15) is 20.2 Å². The predicted octanol–water partition coefficient (Wildman–Crippen LogP) is 1.86. The molecule has 0 N–H and O–H groups in total. The van der Waals surface area contributed by atoms with Gasteiger partial charge in [-0.2, -0.15) is 4.99 Å². The number of para-hydroxylation sites is 1. The van der Waals surface area contributed by atoms with Crippen LogP contribution < -0.4 is 4.80 Å². The van der Waals surface area contributed by atoms with Gasteiger partial charge in [0.15, 0.2) is 15.6 Å². The molecule has 0 aliphatic carbocycles. The van der Waals surface area contributed by atoms with Crippen LogP contribution in [0.4, 0.5) is 0 Å². The van der Waals surface area contributed by atoms with E-state index in [9.17, 15) is 9.59 Å². The molecule has 0 radical (unpaired) electrons. The summed E-state index contributed by atoms with van der Waals surface area (Å²) in [4.78, 5) is 31.0. The van der Waals surface area contributed by atoms with Crippen LogP contribution in [0.5, 0.6) is 0 Å². The van der Waals surface area contributed by atoms with Crippen LogP contribution in [0.3, 0.4) is 0 Å². The number of carbonyl (C=O) groups excluding carboxylic acids is 2. The minimum Gasteiger partial charge on any atom is -0.465 e. The van der Waals surface area contributed by atoms with Crippen molar-refractivity contribution < 1.29 is 19.1 Å². The molecule has 25 heavy (non-hydrogen) atoms. The second kappa shape index (κ2) is 8.04. The zero-order valence-corrected chi connectivity index (χ0v) is 15.8. The highest BCUT2D eigenvalue weighted by molar-refractivity contribution is 7.80. The lowest BCUT2D eigenvalue weighted by Gasteiger charge is -2.10. The highest BCUT2D eigenvalue weighted by Crippen LogP contribution is 2.20. The molecule has 0 amide bonds. The first-order chi connectivity index (χ1) is 11.9. The first-order valence-electron chi connectivity index (χ1n) is 7.14. The predicted molar refractivity (Wildman–Crippen MR) is 98.2 cm³/mol. The summed E-state index contributed by atoms with van der Waals surface area (Å²) in [5.41, 5.74) is 0.695. The number of esters is 2. The average molecular weight is 379 g/mol. The number of nitrogens with zero attached hydrogens (tertiary/aromatic N) is 3. The fourth-order valence-corrected chi connectivity index (χ4v) is 3.15. The lowest BCUT2D eigenvalue weighted by molar-refractivity contribution is 0.0552. The summed E-state index contributed by atoms with van der Waals surface area (Å²) in [6, 6.07) is 9.05. The third kappa shape index (κ3) is 3.94. The van der Waals surface area contributed by atoms with E-state index in [0.29, 0.717) is 15.6 Å². The summed E-state index contributed by atoms with van der Waals surface area (Å²) in [7, 11) is 6.01. The maximum absolute atomic E-state index is 12.4. The van der Waals surface area contributed by atoms with E-state index in [1.165, 1.54) is 14.2 Å². The van der Waals surface area contributed by atoms with Crippen molar-refractivity contribution in [3.05, 3.63) is 45.7 Å². The molecular weight excluding hydrogens is 362 g/mol. The van der Waals surface area contributed by atoms with Gasteiger partial charge in [0.1, 0.15) is 4.88 Å². The van der Waals surface area contributed by atoms with Gasteiger partial charge in [-0.25, -0.2) is 9.59 Å². The van der Waals surface area contributed by atoms with Gasteiger partial charge in [0.25, 0.3) is 0 Å². The van der Waals surface area contributed by atoms with E-state index < -0.39 is 11.9 Å². The second-order valence-electron chi connectivity index (χ2n) is 5.01. The molecule has 0 saturated carbocycles. The van der Waals surface area contributed by atoms with Crippen molar-refractivity contribution in [1.82, 2.24) is 9.47 Å². The molecule has 1 aromatic heterocycles. The molecular formula is C16H17N3O4S2. The van der Waals surface area contributed by atoms with Gasteiger partial charge >= 0.3 is 11.9 Å². The minimum absolute atomic E-state index is 0.0471. The number of rotatable bonds is 3. The van der Waals surface area contributed by atoms with Crippen LogP contribution in [0.2, 0.25) is 0 Å². The van der Waals surface area contributed by atoms with Crippen LogP contribution in [-0.2, 0) is 9.47 Å². The number of hydrogen-bond donors (Lipinski definition) is 0. The van der Waals surface area contributed by atoms with E-state index in [4.69, 9.17) is 21.7 Å². The molecule has 0 spiro atoms. The van der Waals surface area contributed by atoms with Crippen molar-refractivity contribution in [3.63, 3.8) is 0 Å². The Morgan fingerprint density at radius 1 is 1.12 bits per heavy atom. The third-order valence-electron chi connectivity index (χ3n) is 3.16. The standard InChI is InChI=1S/C16H17N3O4S2/c1-18(2)15(24)17-16-19(10-8-6-5-7-9-10)11(13(20)22-3)12(25-16)14(21)23-4/h5-9H,1-4H3. The number of aromatic nitrogens is 1. The molecule has 132 valence electrons. The maximum atomic E-state index is 12.4. The highest BCUT2D eigenvalue weighted by atomic mass is 32.1. The van der Waals surface area contributed by atoms with Crippen molar-refractivity contribution in [2.45, 2.75) is 0 Å². The second-order valence-corrected chi connectivity index (χ2v) is 6.35. The molecule has 7 nitrogen and oxygen atoms in total. The minimum atomic E-state index is -0.669. The number of ether oxygens (including phenoxy) is 2. The first kappa shape index (κ1) is 18.8. The molecule has 0 fully saturated rings. The Bertz CT molecular complexity index is 869. The number of thiocarbonyl (C=S) groups is 1. The van der Waals surface area contributed by atoms with E-state index in [0.717, 1.165) is 11.3 Å². The van der Waals surface area contributed by atoms with Gasteiger partial charge < -0.3 is 14.4 Å². The van der Waals surface area contributed by atoms with Crippen molar-refractivity contribution in [2.75, 3.05) is 28.3 Å². The molecule has 0 aliphatic rings. The van der Waals surface area contributed by atoms with Crippen LogP contribution in [0.15, 0.2) is 35.3 Å². The van der Waals surface area contributed by atoms with Gasteiger partial charge in [-0.1, -0.05) is 29.5 Å². The molecule has 0 unspecified atom stereocenters. The Kier molecular flexibility index (Phi) is 6.05. The quantitative estimate of drug-likeness (QED) is 0.599. The van der Waals surface area contributed by atoms with Crippen LogP contribution >= 0.6 is 23.6 Å². The molecule has 0 saturated heterocycles. The number of carbonyl (C=O) groups is 2. The van der Waals surface area contributed by atoms with Crippen molar-refractivity contribution in [1.29, 1.82) is 0 Å².